The second kappa shape index (κ2) is 7.53. The lowest BCUT2D eigenvalue weighted by molar-refractivity contribution is -0.387. The number of nitrogens with zero attached hydrogens (tertiary/aromatic N) is 3. The molecule has 0 saturated carbocycles. The Hall–Kier alpha value is -2.93. The van der Waals surface area contributed by atoms with Crippen molar-refractivity contribution in [3.63, 3.8) is 0 Å². The Morgan fingerprint density at radius 2 is 1.69 bits per heavy atom. The summed E-state index contributed by atoms with van der Waals surface area (Å²) in [6, 6.07) is 13.7. The van der Waals surface area contributed by atoms with Crippen LogP contribution in [0.5, 0.6) is 0 Å². The van der Waals surface area contributed by atoms with Crippen molar-refractivity contribution in [1.82, 2.24) is 9.97 Å². The molecule has 0 atom stereocenters. The number of rotatable bonds is 5. The van der Waals surface area contributed by atoms with Crippen LogP contribution in [0.2, 0.25) is 0 Å². The van der Waals surface area contributed by atoms with Crippen molar-refractivity contribution < 1.29 is 4.92 Å². The number of hydrogen-bond acceptors (Lipinski definition) is 6. The minimum absolute atomic E-state index is 0.126. The molecule has 0 aliphatic heterocycles. The SMILES string of the molecule is Cc1ccc(Sc2ncnc(Nc3cc(C)ccc3C)c2[N+](=O)[O-])cc1. The molecule has 1 heterocycles. The number of hydrogen-bond donors (Lipinski definition) is 1. The van der Waals surface area contributed by atoms with E-state index in [9.17, 15) is 10.1 Å². The Kier molecular flexibility index (Phi) is 5.18. The van der Waals surface area contributed by atoms with E-state index < -0.39 is 4.92 Å². The highest BCUT2D eigenvalue weighted by Gasteiger charge is 2.24. The lowest BCUT2D eigenvalue weighted by atomic mass is 10.1. The highest BCUT2D eigenvalue weighted by Crippen LogP contribution is 2.37. The fourth-order valence-corrected chi connectivity index (χ4v) is 3.27. The van der Waals surface area contributed by atoms with Crippen molar-refractivity contribution in [2.24, 2.45) is 0 Å². The average Bonchev–Trinajstić information content (AvgIpc) is 2.60. The quantitative estimate of drug-likeness (QED) is 0.379. The largest absolute Gasteiger partial charge is 0.343 e. The molecule has 0 saturated heterocycles. The molecule has 132 valence electrons. The number of benzene rings is 2. The monoisotopic (exact) mass is 366 g/mol. The first-order valence-electron chi connectivity index (χ1n) is 8.02. The fraction of sp³-hybridized carbons (Fsp3) is 0.158. The molecular weight excluding hydrogens is 348 g/mol. The van der Waals surface area contributed by atoms with E-state index in [-0.39, 0.29) is 11.5 Å². The molecule has 2 aromatic carbocycles. The van der Waals surface area contributed by atoms with Gasteiger partial charge in [-0.2, -0.15) is 0 Å². The Bertz CT molecular complexity index is 958. The number of aryl methyl sites for hydroxylation is 3. The van der Waals surface area contributed by atoms with Gasteiger partial charge in [-0.1, -0.05) is 41.6 Å². The summed E-state index contributed by atoms with van der Waals surface area (Å²) in [7, 11) is 0. The first kappa shape index (κ1) is 17.9. The van der Waals surface area contributed by atoms with Gasteiger partial charge in [-0.3, -0.25) is 10.1 Å². The van der Waals surface area contributed by atoms with Gasteiger partial charge in [0.2, 0.25) is 5.82 Å². The molecule has 0 aliphatic carbocycles. The van der Waals surface area contributed by atoms with Gasteiger partial charge in [0.05, 0.1) is 4.92 Å². The molecule has 26 heavy (non-hydrogen) atoms. The van der Waals surface area contributed by atoms with Crippen LogP contribution in [0, 0.1) is 30.9 Å². The first-order chi connectivity index (χ1) is 12.4. The molecule has 7 heteroatoms. The zero-order chi connectivity index (χ0) is 18.7. The van der Waals surface area contributed by atoms with E-state index in [0.717, 1.165) is 27.3 Å². The van der Waals surface area contributed by atoms with E-state index in [1.54, 1.807) is 0 Å². The van der Waals surface area contributed by atoms with E-state index in [2.05, 4.69) is 15.3 Å². The van der Waals surface area contributed by atoms with Crippen LogP contribution in [0.25, 0.3) is 0 Å². The second-order valence-corrected chi connectivity index (χ2v) is 7.05. The number of nitrogens with one attached hydrogen (secondary N) is 1. The lowest BCUT2D eigenvalue weighted by Gasteiger charge is -2.11. The zero-order valence-corrected chi connectivity index (χ0v) is 15.5. The first-order valence-corrected chi connectivity index (χ1v) is 8.84. The Labute approximate surface area is 155 Å². The Morgan fingerprint density at radius 3 is 2.38 bits per heavy atom. The van der Waals surface area contributed by atoms with Gasteiger partial charge in [0.25, 0.3) is 0 Å². The van der Waals surface area contributed by atoms with Crippen LogP contribution in [-0.2, 0) is 0 Å². The molecule has 1 N–H and O–H groups in total. The maximum atomic E-state index is 11.7. The minimum Gasteiger partial charge on any atom is -0.334 e. The average molecular weight is 366 g/mol. The van der Waals surface area contributed by atoms with Crippen molar-refractivity contribution in [1.29, 1.82) is 0 Å². The molecule has 0 unspecified atom stereocenters. The summed E-state index contributed by atoms with van der Waals surface area (Å²) in [5.41, 5.74) is 3.83. The van der Waals surface area contributed by atoms with Gasteiger partial charge in [0.1, 0.15) is 6.33 Å². The van der Waals surface area contributed by atoms with E-state index in [1.807, 2.05) is 63.2 Å². The third-order valence-electron chi connectivity index (χ3n) is 3.85. The molecule has 6 nitrogen and oxygen atoms in total. The van der Waals surface area contributed by atoms with Crippen LogP contribution in [-0.4, -0.2) is 14.9 Å². The number of anilines is 2. The Balaban J connectivity index is 1.99. The Morgan fingerprint density at radius 1 is 1.00 bits per heavy atom. The lowest BCUT2D eigenvalue weighted by Crippen LogP contribution is -2.03. The van der Waals surface area contributed by atoms with E-state index in [4.69, 9.17) is 0 Å². The van der Waals surface area contributed by atoms with Gasteiger partial charge in [-0.15, -0.1) is 0 Å². The molecule has 0 spiro atoms. The zero-order valence-electron chi connectivity index (χ0n) is 14.7. The summed E-state index contributed by atoms with van der Waals surface area (Å²) in [6.07, 6.45) is 1.34. The van der Waals surface area contributed by atoms with E-state index in [0.29, 0.717) is 5.03 Å². The standard InChI is InChI=1S/C19H18N4O2S/c1-12-5-8-15(9-6-12)26-19-17(23(24)25)18(20-11-21-19)22-16-10-13(2)4-7-14(16)3/h4-11H,1-3H3,(H,20,21,22). The highest BCUT2D eigenvalue weighted by atomic mass is 32.2. The van der Waals surface area contributed by atoms with Gasteiger partial charge in [-0.05, 0) is 50.1 Å². The van der Waals surface area contributed by atoms with Crippen LogP contribution in [0.15, 0.2) is 58.7 Å². The topological polar surface area (TPSA) is 81.0 Å². The number of aromatic nitrogens is 2. The third kappa shape index (κ3) is 4.00. The van der Waals surface area contributed by atoms with Gasteiger partial charge in [-0.25, -0.2) is 9.97 Å². The summed E-state index contributed by atoms with van der Waals surface area (Å²) in [5.74, 6) is 0.188. The minimum atomic E-state index is -0.440. The van der Waals surface area contributed by atoms with Gasteiger partial charge < -0.3 is 5.32 Å². The molecule has 0 fully saturated rings. The van der Waals surface area contributed by atoms with Gasteiger partial charge in [0.15, 0.2) is 5.03 Å². The van der Waals surface area contributed by atoms with Crippen LogP contribution < -0.4 is 5.32 Å². The van der Waals surface area contributed by atoms with Crippen molar-refractivity contribution in [3.05, 3.63) is 75.6 Å². The molecule has 0 amide bonds. The molecule has 0 radical (unpaired) electrons. The molecule has 0 bridgehead atoms. The normalized spacial score (nSPS) is 10.6. The smallest absolute Gasteiger partial charge is 0.334 e. The summed E-state index contributed by atoms with van der Waals surface area (Å²) < 4.78 is 0. The van der Waals surface area contributed by atoms with E-state index >= 15 is 0 Å². The molecule has 3 rings (SSSR count). The highest BCUT2D eigenvalue weighted by molar-refractivity contribution is 7.99. The van der Waals surface area contributed by atoms with Crippen molar-refractivity contribution in [3.8, 4) is 0 Å². The molecule has 1 aromatic heterocycles. The maximum Gasteiger partial charge on any atom is 0.343 e. The van der Waals surface area contributed by atoms with Crippen LogP contribution in [0.4, 0.5) is 17.2 Å². The maximum absolute atomic E-state index is 11.7. The van der Waals surface area contributed by atoms with Gasteiger partial charge in [0, 0.05) is 10.6 Å². The molecular formula is C19H18N4O2S. The summed E-state index contributed by atoms with van der Waals surface area (Å²) in [5, 5.41) is 15.1. The predicted octanol–water partition coefficient (Wildman–Crippen LogP) is 5.20. The van der Waals surface area contributed by atoms with Crippen molar-refractivity contribution in [2.75, 3.05) is 5.32 Å². The molecule has 0 aliphatic rings. The summed E-state index contributed by atoms with van der Waals surface area (Å²) >= 11 is 1.25. The number of nitro groups is 1. The van der Waals surface area contributed by atoms with Crippen LogP contribution in [0.3, 0.4) is 0 Å². The van der Waals surface area contributed by atoms with Crippen LogP contribution in [0.1, 0.15) is 16.7 Å². The van der Waals surface area contributed by atoms with E-state index in [1.165, 1.54) is 18.1 Å². The van der Waals surface area contributed by atoms with Crippen molar-refractivity contribution in [2.45, 2.75) is 30.7 Å². The third-order valence-corrected chi connectivity index (χ3v) is 4.85. The molecule has 3 aromatic rings. The fourth-order valence-electron chi connectivity index (χ4n) is 2.41. The summed E-state index contributed by atoms with van der Waals surface area (Å²) in [6.45, 7) is 5.90. The second-order valence-electron chi connectivity index (χ2n) is 5.99. The van der Waals surface area contributed by atoms with Crippen molar-refractivity contribution >= 4 is 29.0 Å². The van der Waals surface area contributed by atoms with Gasteiger partial charge >= 0.3 is 5.69 Å². The summed E-state index contributed by atoms with van der Waals surface area (Å²) in [4.78, 5) is 20.4. The van der Waals surface area contributed by atoms with Crippen LogP contribution >= 0.6 is 11.8 Å². The predicted molar refractivity (Wildman–Crippen MR) is 103 cm³/mol.